The molecule has 0 rings (SSSR count). The normalized spacial score (nSPS) is 12.6. The second-order valence-corrected chi connectivity index (χ2v) is 14.1. The first-order valence-corrected chi connectivity index (χ1v) is 17.7. The van der Waals surface area contributed by atoms with Crippen LogP contribution in [0.1, 0.15) is 155 Å². The molecule has 218 valence electrons. The topological polar surface area (TPSA) is 74.6 Å². The van der Waals surface area contributed by atoms with Gasteiger partial charge in [0.2, 0.25) is 0 Å². The van der Waals surface area contributed by atoms with Crippen LogP contribution in [-0.4, -0.2) is 33.7 Å². The lowest BCUT2D eigenvalue weighted by molar-refractivity contribution is -0.132. The summed E-state index contributed by atoms with van der Waals surface area (Å²) in [6.45, 7) is 4.51. The first-order chi connectivity index (χ1) is 18.0. The number of unbranched alkanes of at least 4 members (excludes halogenated alkanes) is 20. The fourth-order valence-corrected chi connectivity index (χ4v) is 7.97. The quantitative estimate of drug-likeness (QED) is 0.0764. The molecule has 0 fully saturated rings. The van der Waals surface area contributed by atoms with Gasteiger partial charge in [0.15, 0.2) is 0 Å². The Hall–Kier alpha value is -1.23. The molecule has 0 heterocycles. The minimum atomic E-state index is -1.53. The highest BCUT2D eigenvalue weighted by Crippen LogP contribution is 2.53. The summed E-state index contributed by atoms with van der Waals surface area (Å²) in [6.07, 6.45) is 30.6. The zero-order valence-electron chi connectivity index (χ0n) is 24.4. The van der Waals surface area contributed by atoms with Gasteiger partial charge < -0.3 is 10.2 Å². The fourth-order valence-electron chi connectivity index (χ4n) is 4.88. The zero-order valence-corrected chi connectivity index (χ0v) is 25.2. The highest BCUT2D eigenvalue weighted by Gasteiger charge is 2.18. The Bertz CT molecular complexity index is 548. The number of carbonyl (C=O) groups is 2. The van der Waals surface area contributed by atoms with Crippen molar-refractivity contribution in [1.82, 2.24) is 0 Å². The van der Waals surface area contributed by atoms with E-state index < -0.39 is 22.0 Å². The number of carboxylic acid groups (broad SMARTS) is 2. The predicted molar refractivity (Wildman–Crippen MR) is 164 cm³/mol. The van der Waals surface area contributed by atoms with E-state index in [0.29, 0.717) is 0 Å². The predicted octanol–water partition coefficient (Wildman–Crippen LogP) is 10.6. The van der Waals surface area contributed by atoms with Crippen LogP contribution >= 0.6 is 10.0 Å². The van der Waals surface area contributed by atoms with Gasteiger partial charge in [-0.25, -0.2) is 19.6 Å². The second-order valence-electron chi connectivity index (χ2n) is 10.8. The van der Waals surface area contributed by atoms with Crippen LogP contribution in [0.5, 0.6) is 0 Å². The third kappa shape index (κ3) is 24.8. The van der Waals surface area contributed by atoms with Crippen molar-refractivity contribution in [3.05, 3.63) is 23.0 Å². The molecule has 0 saturated heterocycles. The van der Waals surface area contributed by atoms with Crippen molar-refractivity contribution in [2.75, 3.05) is 11.5 Å². The van der Waals surface area contributed by atoms with Crippen LogP contribution in [-0.2, 0) is 9.59 Å². The molecule has 5 heteroatoms. The van der Waals surface area contributed by atoms with Crippen LogP contribution in [0.25, 0.3) is 0 Å². The summed E-state index contributed by atoms with van der Waals surface area (Å²) in [5.41, 5.74) is 0. The minimum Gasteiger partial charge on any atom is -0.478 e. The van der Waals surface area contributed by atoms with Crippen molar-refractivity contribution >= 4 is 22.0 Å². The second kappa shape index (κ2) is 26.4. The molecule has 0 aliphatic heterocycles. The number of hydrogen-bond acceptors (Lipinski definition) is 2. The van der Waals surface area contributed by atoms with Gasteiger partial charge in [-0.05, 0) is 35.2 Å². The molecule has 2 N–H and O–H groups in total. The molecule has 0 radical (unpaired) electrons. The highest BCUT2D eigenvalue weighted by molar-refractivity contribution is 8.38. The van der Waals surface area contributed by atoms with Crippen LogP contribution in [0, 0.1) is 0 Å². The van der Waals surface area contributed by atoms with Gasteiger partial charge in [-0.15, -0.1) is 0 Å². The van der Waals surface area contributed by atoms with E-state index in [1.54, 1.807) is 0 Å². The Morgan fingerprint density at radius 1 is 0.459 bits per heavy atom. The first kappa shape index (κ1) is 35.8. The van der Waals surface area contributed by atoms with Crippen molar-refractivity contribution < 1.29 is 19.8 Å². The number of aliphatic carboxylic acids is 2. The molecule has 0 aliphatic carbocycles. The van der Waals surface area contributed by atoms with Gasteiger partial charge >= 0.3 is 11.9 Å². The lowest BCUT2D eigenvalue weighted by Crippen LogP contribution is -2.07. The highest BCUT2D eigenvalue weighted by atomic mass is 32.3. The smallest absolute Gasteiger partial charge is 0.328 e. The Morgan fingerprint density at radius 3 is 0.946 bits per heavy atom. The molecular formula is C32H60O4S. The van der Waals surface area contributed by atoms with Gasteiger partial charge in [0.05, 0.1) is 0 Å². The molecule has 0 aromatic heterocycles. The zero-order chi connectivity index (χ0) is 27.5. The van der Waals surface area contributed by atoms with E-state index in [9.17, 15) is 19.8 Å². The van der Waals surface area contributed by atoms with Gasteiger partial charge in [-0.1, -0.05) is 142 Å². The van der Waals surface area contributed by atoms with Crippen LogP contribution in [0.3, 0.4) is 0 Å². The molecule has 0 amide bonds. The Labute approximate surface area is 231 Å². The molecule has 0 aliphatic rings. The van der Waals surface area contributed by atoms with Crippen molar-refractivity contribution in [2.45, 2.75) is 155 Å². The third-order valence-electron chi connectivity index (χ3n) is 7.22. The molecule has 0 atom stereocenters. The Morgan fingerprint density at radius 2 is 0.703 bits per heavy atom. The minimum absolute atomic E-state index is 0.898. The van der Waals surface area contributed by atoms with E-state index in [4.69, 9.17) is 0 Å². The fraction of sp³-hybridized carbons (Fsp3) is 0.812. The monoisotopic (exact) mass is 540 g/mol. The van der Waals surface area contributed by atoms with Crippen LogP contribution < -0.4 is 0 Å². The summed E-state index contributed by atoms with van der Waals surface area (Å²) in [6, 6.07) is 0. The largest absolute Gasteiger partial charge is 0.478 e. The maximum Gasteiger partial charge on any atom is 0.328 e. The molecule has 4 nitrogen and oxygen atoms in total. The Kier molecular flexibility index (Phi) is 25.5. The van der Waals surface area contributed by atoms with Crippen molar-refractivity contribution in [1.29, 1.82) is 0 Å². The van der Waals surface area contributed by atoms with Crippen molar-refractivity contribution in [2.24, 2.45) is 0 Å². The van der Waals surface area contributed by atoms with E-state index in [2.05, 4.69) is 13.8 Å². The van der Waals surface area contributed by atoms with Crippen LogP contribution in [0.2, 0.25) is 0 Å². The van der Waals surface area contributed by atoms with E-state index >= 15 is 0 Å². The van der Waals surface area contributed by atoms with Gasteiger partial charge in [0.1, 0.15) is 0 Å². The Balaban J connectivity index is 4.48. The molecule has 0 aromatic carbocycles. The lowest BCUT2D eigenvalue weighted by atomic mass is 10.1. The van der Waals surface area contributed by atoms with Crippen LogP contribution in [0.4, 0.5) is 0 Å². The third-order valence-corrected chi connectivity index (χ3v) is 10.7. The molecule has 0 spiro atoms. The molecular weight excluding hydrogens is 480 g/mol. The molecule has 0 unspecified atom stereocenters. The van der Waals surface area contributed by atoms with Crippen molar-refractivity contribution in [3.63, 3.8) is 0 Å². The standard InChI is InChI=1S/C32H60O4S/c1-3-5-7-9-11-13-15-17-19-21-23-27-37(29-25-31(33)34,30-26-32(35)36)28-24-22-20-18-16-14-12-10-8-6-4-2/h25-26,29-30H,3-24,27-28H2,1-2H3,(H,33,34)(H,35,36). The number of carboxylic acids is 2. The summed E-state index contributed by atoms with van der Waals surface area (Å²) in [5.74, 6) is -0.0954. The summed E-state index contributed by atoms with van der Waals surface area (Å²) in [5, 5.41) is 22.2. The summed E-state index contributed by atoms with van der Waals surface area (Å²) in [7, 11) is -1.53. The van der Waals surface area contributed by atoms with E-state index in [1.165, 1.54) is 128 Å². The van der Waals surface area contributed by atoms with Crippen LogP contribution in [0.15, 0.2) is 23.0 Å². The van der Waals surface area contributed by atoms with Gasteiger partial charge in [-0.2, -0.15) is 0 Å². The van der Waals surface area contributed by atoms with E-state index in [-0.39, 0.29) is 0 Å². The number of rotatable bonds is 28. The van der Waals surface area contributed by atoms with Gasteiger partial charge in [-0.3, -0.25) is 0 Å². The lowest BCUT2D eigenvalue weighted by Gasteiger charge is -2.34. The molecule has 0 aromatic rings. The molecule has 0 saturated carbocycles. The SMILES string of the molecule is CCCCCCCCCCCCCS(C=CC(=O)O)(C=CC(=O)O)CCCCCCCCCCCCC. The summed E-state index contributed by atoms with van der Waals surface area (Å²) < 4.78 is 0. The number of hydrogen-bond donors (Lipinski definition) is 2. The van der Waals surface area contributed by atoms with Gasteiger partial charge in [0, 0.05) is 12.2 Å². The van der Waals surface area contributed by atoms with Crippen molar-refractivity contribution in [3.8, 4) is 0 Å². The van der Waals surface area contributed by atoms with Gasteiger partial charge in [0.25, 0.3) is 0 Å². The maximum atomic E-state index is 11.3. The molecule has 37 heavy (non-hydrogen) atoms. The van der Waals surface area contributed by atoms with E-state index in [0.717, 1.165) is 37.2 Å². The molecule has 0 bridgehead atoms. The summed E-state index contributed by atoms with van der Waals surface area (Å²) >= 11 is 0. The average molecular weight is 541 g/mol. The van der Waals surface area contributed by atoms with E-state index in [1.807, 2.05) is 10.8 Å². The maximum absolute atomic E-state index is 11.3. The average Bonchev–Trinajstić information content (AvgIpc) is 2.87. The summed E-state index contributed by atoms with van der Waals surface area (Å²) in [4.78, 5) is 22.6. The first-order valence-electron chi connectivity index (χ1n) is 15.6.